The normalized spacial score (nSPS) is 12.0. The lowest BCUT2D eigenvalue weighted by Crippen LogP contribution is -2.14. The van der Waals surface area contributed by atoms with Gasteiger partial charge in [-0.15, -0.1) is 0 Å². The van der Waals surface area contributed by atoms with E-state index in [4.69, 9.17) is 8.54 Å². The van der Waals surface area contributed by atoms with Crippen LogP contribution in [0.15, 0.2) is 0 Å². The van der Waals surface area contributed by atoms with Crippen molar-refractivity contribution in [1.29, 1.82) is 0 Å². The Morgan fingerprint density at radius 1 is 0.583 bits per heavy atom. The molecule has 0 heterocycles. The molecule has 24 heavy (non-hydrogen) atoms. The van der Waals surface area contributed by atoms with Crippen molar-refractivity contribution in [2.24, 2.45) is 0 Å². The van der Waals surface area contributed by atoms with Gasteiger partial charge in [-0.05, 0) is 19.5 Å². The maximum atomic E-state index is 5.63. The van der Waals surface area contributed by atoms with E-state index in [0.717, 1.165) is 6.61 Å². The van der Waals surface area contributed by atoms with Crippen LogP contribution in [-0.4, -0.2) is 25.7 Å². The first-order valence-electron chi connectivity index (χ1n) is 11.0. The third kappa shape index (κ3) is 22.4. The van der Waals surface area contributed by atoms with Gasteiger partial charge < -0.3 is 8.54 Å². The Morgan fingerprint density at radius 3 is 1.33 bits per heavy atom. The molecule has 0 atom stereocenters. The van der Waals surface area contributed by atoms with Crippen LogP contribution in [0, 0.1) is 0 Å². The predicted molar refractivity (Wildman–Crippen MR) is 114 cm³/mol. The second-order valence-corrected chi connectivity index (χ2v) is 11.6. The van der Waals surface area contributed by atoms with Crippen molar-refractivity contribution >= 4 is 19.0 Å². The van der Waals surface area contributed by atoms with Crippen molar-refractivity contribution in [3.63, 3.8) is 0 Å². The zero-order chi connectivity index (χ0) is 17.7. The van der Waals surface area contributed by atoms with Gasteiger partial charge in [0.25, 0.3) is 10.0 Å². The van der Waals surface area contributed by atoms with E-state index in [1.165, 1.54) is 103 Å². The molecule has 0 aromatic rings. The fourth-order valence-corrected chi connectivity index (χ4v) is 4.79. The van der Waals surface area contributed by atoms with E-state index in [0.29, 0.717) is 0 Å². The molecule has 0 unspecified atom stereocenters. The Labute approximate surface area is 157 Å². The molecule has 0 saturated heterocycles. The molecule has 2 nitrogen and oxygen atoms in total. The van der Waals surface area contributed by atoms with E-state index in [2.05, 4.69) is 20.0 Å². The van der Waals surface area contributed by atoms with Crippen molar-refractivity contribution in [2.45, 2.75) is 123 Å². The number of rotatable bonds is 20. The van der Waals surface area contributed by atoms with Gasteiger partial charge in [-0.1, -0.05) is 103 Å². The summed E-state index contributed by atoms with van der Waals surface area (Å²) < 4.78 is 11.2. The van der Waals surface area contributed by atoms with Gasteiger partial charge in [-0.2, -0.15) is 0 Å². The van der Waals surface area contributed by atoms with Crippen LogP contribution in [0.25, 0.3) is 0 Å². The molecule has 0 aromatic heterocycles. The van der Waals surface area contributed by atoms with E-state index >= 15 is 0 Å². The molecule has 0 bridgehead atoms. The van der Waals surface area contributed by atoms with Crippen LogP contribution in [0.3, 0.4) is 0 Å². The van der Waals surface area contributed by atoms with Crippen molar-refractivity contribution in [2.75, 3.05) is 6.61 Å². The zero-order valence-electron chi connectivity index (χ0n) is 17.1. The third-order valence-corrected chi connectivity index (χ3v) is 8.29. The van der Waals surface area contributed by atoms with Crippen LogP contribution in [0.5, 0.6) is 0 Å². The Bertz CT molecular complexity index is 226. The molecule has 146 valence electrons. The smallest absolute Gasteiger partial charge is 0.293 e. The SMILES string of the molecule is CCCCCCCCCCCCCCCCCCO[SiH2]O[SiH](C)C. The number of hydrogen-bond donors (Lipinski definition) is 0. The molecule has 0 aromatic carbocycles. The number of unbranched alkanes of at least 4 members (excludes halogenated alkanes) is 15. The second-order valence-electron chi connectivity index (χ2n) is 7.54. The summed E-state index contributed by atoms with van der Waals surface area (Å²) in [5.74, 6) is 0. The van der Waals surface area contributed by atoms with Gasteiger partial charge in [0.1, 0.15) is 0 Å². The molecule has 0 spiro atoms. The first-order chi connectivity index (χ1) is 11.8. The summed E-state index contributed by atoms with van der Waals surface area (Å²) >= 11 is 0. The van der Waals surface area contributed by atoms with Gasteiger partial charge in [0, 0.05) is 6.61 Å². The summed E-state index contributed by atoms with van der Waals surface area (Å²) in [6.45, 7) is 7.66. The zero-order valence-corrected chi connectivity index (χ0v) is 19.7. The summed E-state index contributed by atoms with van der Waals surface area (Å²) in [5, 5.41) is 0. The summed E-state index contributed by atoms with van der Waals surface area (Å²) in [7, 11) is -1.47. The van der Waals surface area contributed by atoms with E-state index in [1.807, 2.05) is 0 Å². The Morgan fingerprint density at radius 2 is 0.958 bits per heavy atom. The van der Waals surface area contributed by atoms with Crippen LogP contribution in [-0.2, 0) is 8.54 Å². The Kier molecular flexibility index (Phi) is 21.7. The maximum absolute atomic E-state index is 5.63. The molecular weight excluding hydrogens is 328 g/mol. The largest absolute Gasteiger partial charge is 0.443 e. The van der Waals surface area contributed by atoms with Gasteiger partial charge >= 0.3 is 0 Å². The topological polar surface area (TPSA) is 18.5 Å². The fourth-order valence-electron chi connectivity index (χ4n) is 3.00. The molecule has 0 saturated carbocycles. The maximum Gasteiger partial charge on any atom is 0.293 e. The van der Waals surface area contributed by atoms with E-state index in [9.17, 15) is 0 Å². The van der Waals surface area contributed by atoms with Gasteiger partial charge in [-0.25, -0.2) is 0 Å². The van der Waals surface area contributed by atoms with Crippen molar-refractivity contribution in [3.8, 4) is 0 Å². The quantitative estimate of drug-likeness (QED) is 0.185. The van der Waals surface area contributed by atoms with Crippen molar-refractivity contribution in [1.82, 2.24) is 0 Å². The lowest BCUT2D eigenvalue weighted by atomic mass is 10.0. The van der Waals surface area contributed by atoms with Crippen LogP contribution in [0.1, 0.15) is 110 Å². The van der Waals surface area contributed by atoms with Gasteiger partial charge in [-0.3, -0.25) is 0 Å². The first kappa shape index (κ1) is 24.4. The van der Waals surface area contributed by atoms with Gasteiger partial charge in [0.2, 0.25) is 0 Å². The van der Waals surface area contributed by atoms with Crippen molar-refractivity contribution in [3.05, 3.63) is 0 Å². The molecule has 0 rings (SSSR count). The minimum Gasteiger partial charge on any atom is -0.443 e. The standard InChI is InChI=1S/C20H46O2Si2/c1-4-5-6-7-8-9-10-11-12-13-14-15-16-17-18-19-20-21-23-22-24(2)3/h24H,4-20,23H2,1-3H3. The summed E-state index contributed by atoms with van der Waals surface area (Å²) in [4.78, 5) is 0. The lowest BCUT2D eigenvalue weighted by molar-refractivity contribution is 0.280. The molecule has 0 radical (unpaired) electrons. The number of hydrogen-bond acceptors (Lipinski definition) is 2. The molecule has 0 amide bonds. The van der Waals surface area contributed by atoms with E-state index < -0.39 is 19.0 Å². The predicted octanol–water partition coefficient (Wildman–Crippen LogP) is 6.26. The van der Waals surface area contributed by atoms with Crippen LogP contribution >= 0.6 is 0 Å². The van der Waals surface area contributed by atoms with Crippen LogP contribution in [0.4, 0.5) is 0 Å². The molecule has 0 aliphatic carbocycles. The Balaban J connectivity index is 2.95. The van der Waals surface area contributed by atoms with E-state index in [-0.39, 0.29) is 0 Å². The highest BCUT2D eigenvalue weighted by Crippen LogP contribution is 2.13. The summed E-state index contributed by atoms with van der Waals surface area (Å²) in [5.41, 5.74) is 0. The monoisotopic (exact) mass is 374 g/mol. The Hall–Kier alpha value is 0.354. The van der Waals surface area contributed by atoms with E-state index in [1.54, 1.807) is 0 Å². The molecule has 0 fully saturated rings. The molecule has 0 N–H and O–H groups in total. The first-order valence-corrected chi connectivity index (χ1v) is 14.9. The molecule has 0 aliphatic rings. The average molecular weight is 375 g/mol. The summed E-state index contributed by atoms with van der Waals surface area (Å²) in [6.07, 6.45) is 22.8. The van der Waals surface area contributed by atoms with Gasteiger partial charge in [0.05, 0.1) is 0 Å². The van der Waals surface area contributed by atoms with Crippen LogP contribution in [0.2, 0.25) is 13.1 Å². The highest BCUT2D eigenvalue weighted by molar-refractivity contribution is 6.54. The highest BCUT2D eigenvalue weighted by atomic mass is 28.4. The minimum absolute atomic E-state index is 0.640. The molecule has 4 heteroatoms. The minimum atomic E-state index is -0.831. The molecule has 0 aliphatic heterocycles. The van der Waals surface area contributed by atoms with Crippen molar-refractivity contribution < 1.29 is 8.54 Å². The third-order valence-electron chi connectivity index (χ3n) is 4.63. The van der Waals surface area contributed by atoms with Crippen LogP contribution < -0.4 is 0 Å². The molecular formula is C20H46O2Si2. The van der Waals surface area contributed by atoms with Gasteiger partial charge in [0.15, 0.2) is 9.04 Å². The summed E-state index contributed by atoms with van der Waals surface area (Å²) in [6, 6.07) is 0. The highest BCUT2D eigenvalue weighted by Gasteiger charge is 1.97. The second kappa shape index (κ2) is 21.4. The average Bonchev–Trinajstić information content (AvgIpc) is 2.56. The fraction of sp³-hybridized carbons (Fsp3) is 1.00. The lowest BCUT2D eigenvalue weighted by Gasteiger charge is -2.07.